The smallest absolute Gasteiger partial charge is 0.335 e. The molecule has 0 fully saturated rings. The van der Waals surface area contributed by atoms with Gasteiger partial charge in [-0.05, 0) is 50.7 Å². The van der Waals surface area contributed by atoms with E-state index in [0.29, 0.717) is 8.30 Å². The van der Waals surface area contributed by atoms with Crippen molar-refractivity contribution in [2.24, 2.45) is 0 Å². The fourth-order valence-corrected chi connectivity index (χ4v) is 1.95. The van der Waals surface area contributed by atoms with Crippen LogP contribution in [0.1, 0.15) is 10.4 Å². The van der Waals surface area contributed by atoms with E-state index in [1.165, 1.54) is 12.1 Å². The Morgan fingerprint density at radius 3 is 2.73 bits per heavy atom. The molecule has 58 valence electrons. The molecule has 0 radical (unpaired) electrons. The van der Waals surface area contributed by atoms with E-state index in [1.54, 1.807) is 0 Å². The van der Waals surface area contributed by atoms with Crippen LogP contribution in [0.4, 0.5) is 0 Å². The molecule has 0 atom stereocenters. The fourth-order valence-electron chi connectivity index (χ4n) is 0.588. The lowest BCUT2D eigenvalue weighted by molar-refractivity contribution is 0.0696. The van der Waals surface area contributed by atoms with Crippen molar-refractivity contribution < 1.29 is 9.90 Å². The maximum absolute atomic E-state index is 10.5. The summed E-state index contributed by atoms with van der Waals surface area (Å²) in [5, 5.41) is 8.58. The van der Waals surface area contributed by atoms with Crippen molar-refractivity contribution in [1.82, 2.24) is 4.98 Å². The molecular formula is C6H3BrINO2. The summed E-state index contributed by atoms with van der Waals surface area (Å²) in [4.78, 5) is 14.4. The number of rotatable bonds is 1. The van der Waals surface area contributed by atoms with E-state index in [2.05, 4.69) is 20.9 Å². The zero-order valence-corrected chi connectivity index (χ0v) is 8.96. The maximum Gasteiger partial charge on any atom is 0.335 e. The minimum Gasteiger partial charge on any atom is -0.478 e. The first kappa shape index (κ1) is 8.92. The Morgan fingerprint density at radius 1 is 1.64 bits per heavy atom. The van der Waals surface area contributed by atoms with E-state index in [9.17, 15) is 4.79 Å². The molecule has 0 aliphatic heterocycles. The zero-order valence-electron chi connectivity index (χ0n) is 5.21. The Hall–Kier alpha value is -0.170. The third-order valence-electron chi connectivity index (χ3n) is 1.01. The van der Waals surface area contributed by atoms with Gasteiger partial charge in [0.25, 0.3) is 0 Å². The molecule has 1 rings (SSSR count). The van der Waals surface area contributed by atoms with Crippen molar-refractivity contribution in [1.29, 1.82) is 0 Å². The van der Waals surface area contributed by atoms with Crippen LogP contribution in [0.5, 0.6) is 0 Å². The van der Waals surface area contributed by atoms with Gasteiger partial charge in [0, 0.05) is 0 Å². The average molecular weight is 328 g/mol. The summed E-state index contributed by atoms with van der Waals surface area (Å²) < 4.78 is 1.20. The van der Waals surface area contributed by atoms with Gasteiger partial charge in [0.2, 0.25) is 0 Å². The van der Waals surface area contributed by atoms with E-state index in [1.807, 2.05) is 22.6 Å². The van der Waals surface area contributed by atoms with Gasteiger partial charge in [0.05, 0.1) is 5.56 Å². The van der Waals surface area contributed by atoms with E-state index in [-0.39, 0.29) is 5.56 Å². The zero-order chi connectivity index (χ0) is 8.43. The molecule has 0 amide bonds. The van der Waals surface area contributed by atoms with E-state index in [4.69, 9.17) is 5.11 Å². The van der Waals surface area contributed by atoms with Crippen LogP contribution < -0.4 is 0 Å². The van der Waals surface area contributed by atoms with Crippen LogP contribution >= 0.6 is 38.5 Å². The van der Waals surface area contributed by atoms with Gasteiger partial charge in [-0.2, -0.15) is 0 Å². The van der Waals surface area contributed by atoms with Crippen LogP contribution in [-0.4, -0.2) is 16.1 Å². The lowest BCUT2D eigenvalue weighted by atomic mass is 10.3. The van der Waals surface area contributed by atoms with Crippen LogP contribution in [-0.2, 0) is 0 Å². The summed E-state index contributed by atoms with van der Waals surface area (Å²) in [6.45, 7) is 0. The van der Waals surface area contributed by atoms with Crippen molar-refractivity contribution in [2.75, 3.05) is 0 Å². The number of carbonyl (C=O) groups is 1. The van der Waals surface area contributed by atoms with Gasteiger partial charge in [-0.15, -0.1) is 0 Å². The molecule has 0 saturated carbocycles. The van der Waals surface area contributed by atoms with Crippen molar-refractivity contribution in [2.45, 2.75) is 0 Å². The van der Waals surface area contributed by atoms with Crippen LogP contribution in [0.15, 0.2) is 16.7 Å². The normalized spacial score (nSPS) is 9.64. The molecule has 0 aromatic carbocycles. The number of hydrogen-bond donors (Lipinski definition) is 1. The van der Waals surface area contributed by atoms with Gasteiger partial charge in [-0.3, -0.25) is 0 Å². The number of hydrogen-bond acceptors (Lipinski definition) is 2. The van der Waals surface area contributed by atoms with Crippen LogP contribution in [0, 0.1) is 3.70 Å². The van der Waals surface area contributed by atoms with Crippen molar-refractivity contribution in [3.05, 3.63) is 26.0 Å². The highest BCUT2D eigenvalue weighted by Gasteiger charge is 2.04. The molecule has 0 aliphatic rings. The largest absolute Gasteiger partial charge is 0.478 e. The number of aromatic carboxylic acids is 1. The highest BCUT2D eigenvalue weighted by Crippen LogP contribution is 2.12. The monoisotopic (exact) mass is 327 g/mol. The molecular weight excluding hydrogens is 325 g/mol. The molecule has 0 spiro atoms. The molecule has 5 heteroatoms. The summed E-state index contributed by atoms with van der Waals surface area (Å²) in [5.41, 5.74) is 0.247. The molecule has 1 aromatic rings. The van der Waals surface area contributed by atoms with E-state index < -0.39 is 5.97 Å². The number of nitrogens with zero attached hydrogens (tertiary/aromatic N) is 1. The highest BCUT2D eigenvalue weighted by atomic mass is 127. The second-order valence-corrected chi connectivity index (χ2v) is 3.72. The van der Waals surface area contributed by atoms with E-state index in [0.717, 1.165) is 0 Å². The summed E-state index contributed by atoms with van der Waals surface area (Å²) in [7, 11) is 0. The van der Waals surface area contributed by atoms with Gasteiger partial charge >= 0.3 is 5.97 Å². The fraction of sp³-hybridized carbons (Fsp3) is 0. The molecule has 0 bridgehead atoms. The van der Waals surface area contributed by atoms with Gasteiger partial charge in [0.1, 0.15) is 8.30 Å². The average Bonchev–Trinajstić information content (AvgIpc) is 1.85. The molecule has 1 N–H and O–H groups in total. The Labute approximate surface area is 85.1 Å². The number of carboxylic acid groups (broad SMARTS) is 1. The second kappa shape index (κ2) is 3.48. The summed E-state index contributed by atoms with van der Waals surface area (Å²) in [6.07, 6.45) is 0. The lowest BCUT2D eigenvalue weighted by Crippen LogP contribution is -1.97. The van der Waals surface area contributed by atoms with Crippen LogP contribution in [0.25, 0.3) is 0 Å². The van der Waals surface area contributed by atoms with E-state index >= 15 is 0 Å². The lowest BCUT2D eigenvalue weighted by Gasteiger charge is -1.95. The minimum absolute atomic E-state index is 0.247. The van der Waals surface area contributed by atoms with Gasteiger partial charge < -0.3 is 5.11 Å². The summed E-state index contributed by atoms with van der Waals surface area (Å²) in [5.74, 6) is -0.939. The van der Waals surface area contributed by atoms with Crippen molar-refractivity contribution >= 4 is 44.5 Å². The molecule has 0 unspecified atom stereocenters. The Balaban J connectivity index is 3.19. The summed E-state index contributed by atoms with van der Waals surface area (Å²) in [6, 6.07) is 2.97. The van der Waals surface area contributed by atoms with Gasteiger partial charge in [-0.1, -0.05) is 0 Å². The predicted octanol–water partition coefficient (Wildman–Crippen LogP) is 2.15. The Morgan fingerprint density at radius 2 is 2.27 bits per heavy atom. The predicted molar refractivity (Wildman–Crippen MR) is 51.6 cm³/mol. The van der Waals surface area contributed by atoms with Crippen molar-refractivity contribution in [3.63, 3.8) is 0 Å². The number of pyridine rings is 1. The number of halogens is 2. The molecule has 11 heavy (non-hydrogen) atoms. The molecule has 0 saturated heterocycles. The maximum atomic E-state index is 10.5. The topological polar surface area (TPSA) is 50.2 Å². The third-order valence-corrected chi connectivity index (χ3v) is 1.97. The molecule has 0 aliphatic carbocycles. The number of carboxylic acids is 1. The highest BCUT2D eigenvalue weighted by molar-refractivity contribution is 14.1. The first-order chi connectivity index (χ1) is 5.09. The molecule has 1 heterocycles. The molecule has 1 aromatic heterocycles. The van der Waals surface area contributed by atoms with Crippen molar-refractivity contribution in [3.8, 4) is 0 Å². The minimum atomic E-state index is -0.939. The first-order valence-electron chi connectivity index (χ1n) is 2.66. The summed E-state index contributed by atoms with van der Waals surface area (Å²) >= 11 is 5.06. The Bertz CT molecular complexity index is 282. The van der Waals surface area contributed by atoms with Crippen LogP contribution in [0.3, 0.4) is 0 Å². The van der Waals surface area contributed by atoms with Gasteiger partial charge in [0.15, 0.2) is 0 Å². The quantitative estimate of drug-likeness (QED) is 0.635. The second-order valence-electron chi connectivity index (χ2n) is 1.81. The van der Waals surface area contributed by atoms with Crippen LogP contribution in [0.2, 0.25) is 0 Å². The van der Waals surface area contributed by atoms with Gasteiger partial charge in [-0.25, -0.2) is 9.78 Å². The SMILES string of the molecule is O=C(O)c1cc(Br)nc(I)c1. The Kier molecular flexibility index (Phi) is 2.83. The molecule has 3 nitrogen and oxygen atoms in total. The first-order valence-corrected chi connectivity index (χ1v) is 4.53. The third kappa shape index (κ3) is 2.41. The standard InChI is InChI=1S/C6H3BrINO2/c7-4-1-3(6(10)11)2-5(8)9-4/h1-2H,(H,10,11). The number of aromatic nitrogens is 1.